The Kier molecular flexibility index (Phi) is 7.77. The number of aryl methyl sites for hydroxylation is 1. The van der Waals surface area contributed by atoms with Gasteiger partial charge in [0.2, 0.25) is 11.8 Å². The quantitative estimate of drug-likeness (QED) is 0.564. The summed E-state index contributed by atoms with van der Waals surface area (Å²) in [6, 6.07) is 3.86. The molecule has 0 radical (unpaired) electrons. The first-order chi connectivity index (χ1) is 14.0. The first kappa shape index (κ1) is 23.6. The number of halogens is 4. The first-order valence-corrected chi connectivity index (χ1v) is 9.58. The minimum Gasteiger partial charge on any atom is -0.474 e. The van der Waals surface area contributed by atoms with E-state index in [1.807, 2.05) is 0 Å². The number of carbonyl (C=O) groups is 2. The summed E-state index contributed by atoms with van der Waals surface area (Å²) in [7, 11) is 0. The van der Waals surface area contributed by atoms with Gasteiger partial charge < -0.3 is 10.1 Å². The Bertz CT molecular complexity index is 935. The van der Waals surface area contributed by atoms with E-state index < -0.39 is 17.8 Å². The number of anilines is 1. The molecule has 1 N–H and O–H groups in total. The zero-order valence-electron chi connectivity index (χ0n) is 16.6. The van der Waals surface area contributed by atoms with Crippen molar-refractivity contribution in [2.45, 2.75) is 52.3 Å². The van der Waals surface area contributed by atoms with Gasteiger partial charge in [-0.3, -0.25) is 9.59 Å². The van der Waals surface area contributed by atoms with Crippen molar-refractivity contribution in [2.75, 3.05) is 5.32 Å². The molecular formula is C20H21ClF3N3O3. The maximum atomic E-state index is 12.7. The summed E-state index contributed by atoms with van der Waals surface area (Å²) in [5, 5.41) is 2.36. The fourth-order valence-corrected chi connectivity index (χ4v) is 2.73. The number of carbonyl (C=O) groups excluding carboxylic acids is 2. The van der Waals surface area contributed by atoms with Gasteiger partial charge in [-0.2, -0.15) is 13.2 Å². The highest BCUT2D eigenvalue weighted by atomic mass is 35.5. The van der Waals surface area contributed by atoms with Crippen LogP contribution in [0.4, 0.5) is 19.0 Å². The Labute approximate surface area is 176 Å². The van der Waals surface area contributed by atoms with Crippen LogP contribution in [-0.2, 0) is 11.0 Å². The smallest absolute Gasteiger partial charge is 0.417 e. The molecule has 0 bridgehead atoms. The van der Waals surface area contributed by atoms with Crippen molar-refractivity contribution in [1.82, 2.24) is 9.97 Å². The van der Waals surface area contributed by atoms with Crippen molar-refractivity contribution in [3.05, 3.63) is 46.2 Å². The van der Waals surface area contributed by atoms with Gasteiger partial charge in [0.25, 0.3) is 0 Å². The number of nitrogens with zero attached hydrogens (tertiary/aromatic N) is 2. The van der Waals surface area contributed by atoms with E-state index in [0.717, 1.165) is 6.07 Å². The second-order valence-electron chi connectivity index (χ2n) is 6.68. The summed E-state index contributed by atoms with van der Waals surface area (Å²) in [5.74, 6) is -0.229. The molecule has 2 heterocycles. The standard InChI is InChI=1S/C20H21ClF3N3O3/c1-4-18(29)27-17-8-13(7-11(2)26-17)16(28)6-5-12(3)30-19-15(21)9-14(10-25-19)20(22,23)24/h7-10,12H,4-6H2,1-3H3,(H,26,27,29)/t12-/m1/s1. The van der Waals surface area contributed by atoms with E-state index >= 15 is 0 Å². The first-order valence-electron chi connectivity index (χ1n) is 9.20. The molecule has 0 unspecified atom stereocenters. The third-order valence-electron chi connectivity index (χ3n) is 4.09. The van der Waals surface area contributed by atoms with Crippen LogP contribution in [0.25, 0.3) is 0 Å². The molecule has 1 atom stereocenters. The normalized spacial score (nSPS) is 12.4. The number of hydrogen-bond acceptors (Lipinski definition) is 5. The molecule has 1 amide bonds. The molecule has 2 aromatic heterocycles. The van der Waals surface area contributed by atoms with Crippen molar-refractivity contribution >= 4 is 29.1 Å². The maximum Gasteiger partial charge on any atom is 0.417 e. The van der Waals surface area contributed by atoms with E-state index in [1.165, 1.54) is 6.07 Å². The molecule has 6 nitrogen and oxygen atoms in total. The Morgan fingerprint density at radius 1 is 1.27 bits per heavy atom. The highest BCUT2D eigenvalue weighted by molar-refractivity contribution is 6.31. The summed E-state index contributed by atoms with van der Waals surface area (Å²) in [6.45, 7) is 5.08. The minimum absolute atomic E-state index is 0.115. The second-order valence-corrected chi connectivity index (χ2v) is 7.09. The summed E-state index contributed by atoms with van der Waals surface area (Å²) < 4.78 is 43.5. The molecule has 0 spiro atoms. The van der Waals surface area contributed by atoms with E-state index in [1.54, 1.807) is 26.8 Å². The Hall–Kier alpha value is -2.68. The lowest BCUT2D eigenvalue weighted by atomic mass is 10.0. The largest absolute Gasteiger partial charge is 0.474 e. The molecule has 10 heteroatoms. The molecule has 0 aliphatic rings. The number of alkyl halides is 3. The fraction of sp³-hybridized carbons (Fsp3) is 0.400. The SMILES string of the molecule is CCC(=O)Nc1cc(C(=O)CC[C@@H](C)Oc2ncc(C(F)(F)F)cc2Cl)cc(C)n1. The van der Waals surface area contributed by atoms with Crippen LogP contribution in [0.15, 0.2) is 24.4 Å². The van der Waals surface area contributed by atoms with Crippen LogP contribution in [0.2, 0.25) is 5.02 Å². The minimum atomic E-state index is -4.55. The van der Waals surface area contributed by atoms with E-state index in [9.17, 15) is 22.8 Å². The van der Waals surface area contributed by atoms with Crippen LogP contribution < -0.4 is 10.1 Å². The van der Waals surface area contributed by atoms with E-state index in [4.69, 9.17) is 16.3 Å². The number of ether oxygens (including phenoxy) is 1. The van der Waals surface area contributed by atoms with Crippen LogP contribution in [0.3, 0.4) is 0 Å². The number of nitrogens with one attached hydrogen (secondary N) is 1. The number of amides is 1. The van der Waals surface area contributed by atoms with E-state index in [2.05, 4.69) is 15.3 Å². The molecule has 0 aliphatic heterocycles. The highest BCUT2D eigenvalue weighted by Gasteiger charge is 2.32. The van der Waals surface area contributed by atoms with Gasteiger partial charge in [-0.25, -0.2) is 9.97 Å². The van der Waals surface area contributed by atoms with Crippen LogP contribution in [0.5, 0.6) is 5.88 Å². The van der Waals surface area contributed by atoms with Gasteiger partial charge in [0.05, 0.1) is 11.7 Å². The Morgan fingerprint density at radius 3 is 2.57 bits per heavy atom. The van der Waals surface area contributed by atoms with E-state index in [-0.39, 0.29) is 41.9 Å². The zero-order chi connectivity index (χ0) is 22.5. The molecule has 2 rings (SSSR count). The van der Waals surface area contributed by atoms with E-state index in [0.29, 0.717) is 23.3 Å². The van der Waals surface area contributed by atoms with Crippen molar-refractivity contribution < 1.29 is 27.5 Å². The predicted octanol–water partition coefficient (Wildman–Crippen LogP) is 5.24. The van der Waals surface area contributed by atoms with Gasteiger partial charge in [0.1, 0.15) is 10.8 Å². The molecule has 0 fully saturated rings. The predicted molar refractivity (Wildman–Crippen MR) is 106 cm³/mol. The molecule has 30 heavy (non-hydrogen) atoms. The van der Waals surface area contributed by atoms with Gasteiger partial charge in [-0.05, 0) is 38.5 Å². The Morgan fingerprint density at radius 2 is 1.97 bits per heavy atom. The van der Waals surface area contributed by atoms with Crippen molar-refractivity contribution in [3.63, 3.8) is 0 Å². The van der Waals surface area contributed by atoms with Crippen molar-refractivity contribution in [1.29, 1.82) is 0 Å². The van der Waals surface area contributed by atoms with Gasteiger partial charge in [-0.1, -0.05) is 18.5 Å². The van der Waals surface area contributed by atoms with Crippen LogP contribution >= 0.6 is 11.6 Å². The zero-order valence-corrected chi connectivity index (χ0v) is 17.4. The number of pyridine rings is 2. The maximum absolute atomic E-state index is 12.7. The number of rotatable bonds is 8. The molecular weight excluding hydrogens is 423 g/mol. The lowest BCUT2D eigenvalue weighted by molar-refractivity contribution is -0.137. The summed E-state index contributed by atoms with van der Waals surface area (Å²) in [5.41, 5.74) is 0.00536. The topological polar surface area (TPSA) is 81.2 Å². The molecule has 2 aromatic rings. The highest BCUT2D eigenvalue weighted by Crippen LogP contribution is 2.33. The fourth-order valence-electron chi connectivity index (χ4n) is 2.52. The third kappa shape index (κ3) is 6.69. The summed E-state index contributed by atoms with van der Waals surface area (Å²) >= 11 is 5.83. The van der Waals surface area contributed by atoms with Crippen LogP contribution in [0.1, 0.15) is 54.7 Å². The monoisotopic (exact) mass is 443 g/mol. The van der Waals surface area contributed by atoms with Gasteiger partial charge in [0.15, 0.2) is 5.78 Å². The number of hydrogen-bond donors (Lipinski definition) is 1. The average Bonchev–Trinajstić information content (AvgIpc) is 2.66. The van der Waals surface area contributed by atoms with Gasteiger partial charge >= 0.3 is 6.18 Å². The van der Waals surface area contributed by atoms with Gasteiger partial charge in [0, 0.05) is 30.3 Å². The lowest BCUT2D eigenvalue weighted by Crippen LogP contribution is -2.16. The molecule has 0 saturated heterocycles. The third-order valence-corrected chi connectivity index (χ3v) is 4.36. The number of ketones is 1. The summed E-state index contributed by atoms with van der Waals surface area (Å²) in [4.78, 5) is 31.9. The average molecular weight is 444 g/mol. The lowest BCUT2D eigenvalue weighted by Gasteiger charge is -2.15. The number of Topliss-reactive ketones (excluding diaryl/α,β-unsaturated/α-hetero) is 1. The molecule has 0 aromatic carbocycles. The molecule has 162 valence electrons. The second kappa shape index (κ2) is 9.88. The Balaban J connectivity index is 1.99. The van der Waals surface area contributed by atoms with Crippen LogP contribution in [0, 0.1) is 6.92 Å². The number of aromatic nitrogens is 2. The molecule has 0 aliphatic carbocycles. The molecule has 0 saturated carbocycles. The van der Waals surface area contributed by atoms with Crippen molar-refractivity contribution in [2.24, 2.45) is 0 Å². The summed E-state index contributed by atoms with van der Waals surface area (Å²) in [6.07, 6.45) is -3.73. The van der Waals surface area contributed by atoms with Gasteiger partial charge in [-0.15, -0.1) is 0 Å². The van der Waals surface area contributed by atoms with Crippen molar-refractivity contribution in [3.8, 4) is 5.88 Å². The van der Waals surface area contributed by atoms with Crippen LogP contribution in [-0.4, -0.2) is 27.8 Å².